The molecule has 1 heterocycles. The molecule has 0 amide bonds. The van der Waals surface area contributed by atoms with E-state index in [0.29, 0.717) is 17.9 Å². The molecule has 0 aliphatic heterocycles. The second-order valence-electron chi connectivity index (χ2n) is 4.58. The van der Waals surface area contributed by atoms with Gasteiger partial charge >= 0.3 is 0 Å². The van der Waals surface area contributed by atoms with Crippen LogP contribution in [0, 0.1) is 28.1 Å². The molecule has 1 N–H and O–H groups in total. The molecule has 0 aliphatic rings. The Morgan fingerprint density at radius 3 is 2.35 bits per heavy atom. The third-order valence-corrected chi connectivity index (χ3v) is 2.68. The van der Waals surface area contributed by atoms with Gasteiger partial charge in [-0.3, -0.25) is 0 Å². The van der Waals surface area contributed by atoms with Gasteiger partial charge in [0.15, 0.2) is 5.76 Å². The maximum atomic E-state index is 9.71. The number of nitrogens with zero attached hydrogens (tertiary/aromatic N) is 3. The van der Waals surface area contributed by atoms with Crippen LogP contribution in [0.3, 0.4) is 0 Å². The van der Waals surface area contributed by atoms with E-state index < -0.39 is 11.0 Å². The van der Waals surface area contributed by atoms with E-state index in [-0.39, 0.29) is 6.42 Å². The molecule has 1 aromatic heterocycles. The summed E-state index contributed by atoms with van der Waals surface area (Å²) in [6.07, 6.45) is 0.626. The van der Waals surface area contributed by atoms with E-state index in [1.807, 2.05) is 12.1 Å². The van der Waals surface area contributed by atoms with Crippen molar-refractivity contribution in [2.24, 2.45) is 5.41 Å². The fourth-order valence-corrected chi connectivity index (χ4v) is 1.38. The molecule has 0 fully saturated rings. The molecule has 1 rings (SSSR count). The van der Waals surface area contributed by atoms with E-state index in [1.165, 1.54) is 0 Å². The number of aromatic nitrogens is 1. The molecule has 0 aromatic carbocycles. The van der Waals surface area contributed by atoms with Crippen molar-refractivity contribution < 1.29 is 9.63 Å². The van der Waals surface area contributed by atoms with Crippen LogP contribution >= 0.6 is 0 Å². The summed E-state index contributed by atoms with van der Waals surface area (Å²) in [6, 6.07) is 5.59. The van der Waals surface area contributed by atoms with E-state index in [2.05, 4.69) is 5.16 Å². The first-order valence-electron chi connectivity index (χ1n) is 5.38. The summed E-state index contributed by atoms with van der Waals surface area (Å²) in [4.78, 5) is 0. The minimum Gasteiger partial charge on any atom is -0.382 e. The molecule has 0 radical (unpaired) electrons. The van der Waals surface area contributed by atoms with E-state index in [1.54, 1.807) is 26.8 Å². The Labute approximate surface area is 100 Å². The smallest absolute Gasteiger partial charge is 0.167 e. The lowest BCUT2D eigenvalue weighted by molar-refractivity contribution is 0.0474. The van der Waals surface area contributed by atoms with Crippen molar-refractivity contribution in [2.75, 3.05) is 0 Å². The van der Waals surface area contributed by atoms with Gasteiger partial charge in [0.2, 0.25) is 0 Å². The quantitative estimate of drug-likeness (QED) is 0.856. The van der Waals surface area contributed by atoms with E-state index in [4.69, 9.17) is 15.0 Å². The summed E-state index contributed by atoms with van der Waals surface area (Å²) < 4.78 is 4.99. The third-order valence-electron chi connectivity index (χ3n) is 2.68. The molecule has 0 spiro atoms. The Hall–Kier alpha value is -1.85. The van der Waals surface area contributed by atoms with Crippen molar-refractivity contribution in [1.29, 1.82) is 10.5 Å². The zero-order chi connectivity index (χ0) is 13.1. The molecule has 0 unspecified atom stereocenters. The Balaban J connectivity index is 2.95. The molecule has 0 saturated carbocycles. The van der Waals surface area contributed by atoms with Gasteiger partial charge in [0.1, 0.15) is 11.0 Å². The van der Waals surface area contributed by atoms with E-state index in [9.17, 15) is 5.11 Å². The second kappa shape index (κ2) is 4.57. The maximum Gasteiger partial charge on any atom is 0.167 e. The molecule has 90 valence electrons. The minimum atomic E-state index is -1.11. The lowest BCUT2D eigenvalue weighted by Gasteiger charge is -2.13. The zero-order valence-electron chi connectivity index (χ0n) is 10.2. The number of nitriles is 2. The number of hydrogen-bond acceptors (Lipinski definition) is 5. The highest BCUT2D eigenvalue weighted by Gasteiger charge is 2.31. The van der Waals surface area contributed by atoms with E-state index >= 15 is 0 Å². The first kappa shape index (κ1) is 13.2. The van der Waals surface area contributed by atoms with E-state index in [0.717, 1.165) is 0 Å². The molecule has 0 saturated heterocycles. The molecule has 1 aromatic rings. The van der Waals surface area contributed by atoms with Gasteiger partial charge in [0, 0.05) is 12.5 Å². The molecule has 5 nitrogen and oxygen atoms in total. The number of hydrogen-bond donors (Lipinski definition) is 1. The zero-order valence-corrected chi connectivity index (χ0v) is 10.2. The van der Waals surface area contributed by atoms with Gasteiger partial charge < -0.3 is 9.63 Å². The first-order chi connectivity index (χ1) is 7.87. The predicted octanol–water partition coefficient (Wildman–Crippen LogP) is 1.89. The fraction of sp³-hybridized carbons (Fsp3) is 0.583. The predicted molar refractivity (Wildman–Crippen MR) is 59.4 cm³/mol. The van der Waals surface area contributed by atoms with Crippen LogP contribution in [-0.2, 0) is 12.0 Å². The van der Waals surface area contributed by atoms with Crippen LogP contribution in [0.15, 0.2) is 10.6 Å². The Kier molecular flexibility index (Phi) is 3.55. The number of rotatable bonds is 4. The SMILES string of the molecule is CCC(C#N)(C#N)Cc1cc(C(C)(C)O)on1. The van der Waals surface area contributed by atoms with Crippen LogP contribution in [0.5, 0.6) is 0 Å². The van der Waals surface area contributed by atoms with Gasteiger partial charge in [-0.15, -0.1) is 0 Å². The fourth-order valence-electron chi connectivity index (χ4n) is 1.38. The van der Waals surface area contributed by atoms with Crippen molar-refractivity contribution >= 4 is 0 Å². The molecular formula is C12H15N3O2. The van der Waals surface area contributed by atoms with Gasteiger partial charge in [-0.05, 0) is 20.3 Å². The normalized spacial score (nSPS) is 11.9. The lowest BCUT2D eigenvalue weighted by Crippen LogP contribution is -2.18. The van der Waals surface area contributed by atoms with Crippen LogP contribution in [0.4, 0.5) is 0 Å². The third kappa shape index (κ3) is 2.83. The first-order valence-corrected chi connectivity index (χ1v) is 5.38. The van der Waals surface area contributed by atoms with Crippen molar-refractivity contribution in [3.8, 4) is 12.1 Å². The highest BCUT2D eigenvalue weighted by atomic mass is 16.5. The molecule has 5 heteroatoms. The van der Waals surface area contributed by atoms with Gasteiger partial charge in [-0.2, -0.15) is 10.5 Å². The monoisotopic (exact) mass is 233 g/mol. The topological polar surface area (TPSA) is 93.8 Å². The number of aliphatic hydroxyl groups is 1. The van der Waals surface area contributed by atoms with Crippen molar-refractivity contribution in [3.63, 3.8) is 0 Å². The lowest BCUT2D eigenvalue weighted by atomic mass is 9.83. The second-order valence-corrected chi connectivity index (χ2v) is 4.58. The van der Waals surface area contributed by atoms with Crippen molar-refractivity contribution in [3.05, 3.63) is 17.5 Å². The van der Waals surface area contributed by atoms with Crippen LogP contribution < -0.4 is 0 Å². The largest absolute Gasteiger partial charge is 0.382 e. The van der Waals surface area contributed by atoms with Crippen LogP contribution in [-0.4, -0.2) is 10.3 Å². The minimum absolute atomic E-state index is 0.204. The summed E-state index contributed by atoms with van der Waals surface area (Å²) in [5, 5.41) is 31.5. The summed E-state index contributed by atoms with van der Waals surface area (Å²) >= 11 is 0. The van der Waals surface area contributed by atoms with Crippen LogP contribution in [0.1, 0.15) is 38.6 Å². The average Bonchev–Trinajstić information content (AvgIpc) is 2.74. The van der Waals surface area contributed by atoms with Gasteiger partial charge in [0.25, 0.3) is 0 Å². The molecule has 0 bridgehead atoms. The highest BCUT2D eigenvalue weighted by Crippen LogP contribution is 2.27. The summed E-state index contributed by atoms with van der Waals surface area (Å²) in [5.41, 5.74) is -1.68. The van der Waals surface area contributed by atoms with Gasteiger partial charge in [-0.1, -0.05) is 12.1 Å². The Bertz CT molecular complexity index is 457. The standard InChI is InChI=1S/C12H15N3O2/c1-4-12(7-13,8-14)6-9-5-10(17-15-9)11(2,3)16/h5,16H,4,6H2,1-3H3. The van der Waals surface area contributed by atoms with Crippen molar-refractivity contribution in [1.82, 2.24) is 5.16 Å². The summed E-state index contributed by atoms with van der Waals surface area (Å²) in [7, 11) is 0. The van der Waals surface area contributed by atoms with Gasteiger partial charge in [0.05, 0.1) is 17.8 Å². The van der Waals surface area contributed by atoms with Gasteiger partial charge in [-0.25, -0.2) is 0 Å². The highest BCUT2D eigenvalue weighted by molar-refractivity contribution is 5.21. The summed E-state index contributed by atoms with van der Waals surface area (Å²) in [5.74, 6) is 0.327. The molecular weight excluding hydrogens is 218 g/mol. The molecule has 0 aliphatic carbocycles. The molecule has 0 atom stereocenters. The van der Waals surface area contributed by atoms with Crippen LogP contribution in [0.25, 0.3) is 0 Å². The van der Waals surface area contributed by atoms with Crippen LogP contribution in [0.2, 0.25) is 0 Å². The Morgan fingerprint density at radius 2 is 2.00 bits per heavy atom. The maximum absolute atomic E-state index is 9.71. The Morgan fingerprint density at radius 1 is 1.41 bits per heavy atom. The van der Waals surface area contributed by atoms with Crippen molar-refractivity contribution in [2.45, 2.75) is 39.2 Å². The average molecular weight is 233 g/mol. The summed E-state index contributed by atoms with van der Waals surface area (Å²) in [6.45, 7) is 4.95. The molecule has 17 heavy (non-hydrogen) atoms.